The van der Waals surface area contributed by atoms with E-state index >= 15 is 0 Å². The van der Waals surface area contributed by atoms with E-state index in [9.17, 15) is 9.59 Å². The third-order valence-electron chi connectivity index (χ3n) is 3.83. The minimum absolute atomic E-state index is 0.251. The van der Waals surface area contributed by atoms with E-state index in [1.165, 1.54) is 5.56 Å². The first-order valence-corrected chi connectivity index (χ1v) is 7.94. The van der Waals surface area contributed by atoms with Crippen LogP contribution in [0.25, 0.3) is 0 Å². The van der Waals surface area contributed by atoms with Crippen LogP contribution in [0.15, 0.2) is 36.5 Å². The number of urea groups is 1. The fourth-order valence-electron chi connectivity index (χ4n) is 2.54. The number of esters is 1. The van der Waals surface area contributed by atoms with Gasteiger partial charge in [-0.25, -0.2) is 4.79 Å². The summed E-state index contributed by atoms with van der Waals surface area (Å²) in [6, 6.07) is 7.05. The molecule has 0 aromatic heterocycles. The van der Waals surface area contributed by atoms with E-state index in [2.05, 4.69) is 24.1 Å². The van der Waals surface area contributed by atoms with Gasteiger partial charge in [-0.2, -0.15) is 0 Å². The third kappa shape index (κ3) is 4.12. The molecule has 1 heterocycles. The van der Waals surface area contributed by atoms with Gasteiger partial charge in [-0.05, 0) is 23.5 Å². The fraction of sp³-hybridized carbons (Fsp3) is 0.444. The first-order valence-electron chi connectivity index (χ1n) is 7.94. The van der Waals surface area contributed by atoms with Crippen LogP contribution in [0.5, 0.6) is 0 Å². The van der Waals surface area contributed by atoms with Gasteiger partial charge in [0.2, 0.25) is 0 Å². The number of carbonyl (C=O) groups is 2. The van der Waals surface area contributed by atoms with E-state index in [0.29, 0.717) is 12.3 Å². The molecule has 1 aliphatic heterocycles. The number of benzene rings is 1. The van der Waals surface area contributed by atoms with Crippen molar-refractivity contribution in [1.29, 1.82) is 0 Å². The minimum Gasteiger partial charge on any atom is -0.465 e. The van der Waals surface area contributed by atoms with Gasteiger partial charge in [0.05, 0.1) is 12.6 Å². The molecule has 1 saturated heterocycles. The van der Waals surface area contributed by atoms with Crippen LogP contribution in [0.2, 0.25) is 0 Å². The number of aryl methyl sites for hydroxylation is 1. The van der Waals surface area contributed by atoms with Gasteiger partial charge in [0.1, 0.15) is 5.92 Å². The van der Waals surface area contributed by atoms with Crippen LogP contribution in [-0.2, 0) is 16.0 Å². The molecule has 2 atom stereocenters. The summed E-state index contributed by atoms with van der Waals surface area (Å²) in [4.78, 5) is 24.2. The molecule has 5 nitrogen and oxygen atoms in total. The van der Waals surface area contributed by atoms with Crippen molar-refractivity contribution in [3.63, 3.8) is 0 Å². The monoisotopic (exact) mass is 316 g/mol. The Morgan fingerprint density at radius 3 is 2.52 bits per heavy atom. The molecule has 0 saturated carbocycles. The van der Waals surface area contributed by atoms with Crippen molar-refractivity contribution in [2.24, 2.45) is 11.8 Å². The average Bonchev–Trinajstić information content (AvgIpc) is 2.52. The highest BCUT2D eigenvalue weighted by Crippen LogP contribution is 2.30. The molecule has 2 rings (SSSR count). The zero-order valence-electron chi connectivity index (χ0n) is 13.9. The number of hydrogen-bond donors (Lipinski definition) is 2. The zero-order chi connectivity index (χ0) is 17.0. The molecule has 1 fully saturated rings. The molecule has 0 spiro atoms. The molecule has 1 aromatic rings. The molecule has 0 aliphatic carbocycles. The first-order chi connectivity index (χ1) is 10.9. The van der Waals surface area contributed by atoms with Gasteiger partial charge in [-0.3, -0.25) is 4.79 Å². The number of hydrogen-bond acceptors (Lipinski definition) is 3. The number of amides is 2. The Hall–Kier alpha value is -2.30. The number of carbonyl (C=O) groups excluding carboxylic acids is 2. The van der Waals surface area contributed by atoms with Crippen molar-refractivity contribution in [2.75, 3.05) is 6.61 Å². The van der Waals surface area contributed by atoms with Gasteiger partial charge in [-0.15, -0.1) is 0 Å². The van der Waals surface area contributed by atoms with Gasteiger partial charge >= 0.3 is 12.0 Å². The molecule has 0 bridgehead atoms. The zero-order valence-corrected chi connectivity index (χ0v) is 13.9. The maximum Gasteiger partial charge on any atom is 0.319 e. The number of ether oxygens (including phenoxy) is 1. The Balaban J connectivity index is 2.25. The molecule has 0 radical (unpaired) electrons. The van der Waals surface area contributed by atoms with Crippen LogP contribution < -0.4 is 10.6 Å². The molecule has 1 aliphatic rings. The van der Waals surface area contributed by atoms with E-state index in [1.54, 1.807) is 0 Å². The lowest BCUT2D eigenvalue weighted by atomic mass is 9.88. The van der Waals surface area contributed by atoms with Gasteiger partial charge in [0.15, 0.2) is 0 Å². The summed E-state index contributed by atoms with van der Waals surface area (Å²) in [6.07, 6.45) is 0.936. The minimum atomic E-state index is -0.640. The fourth-order valence-corrected chi connectivity index (χ4v) is 2.54. The summed E-state index contributed by atoms with van der Waals surface area (Å²) in [7, 11) is 0. The molecule has 2 unspecified atom stereocenters. The predicted octanol–water partition coefficient (Wildman–Crippen LogP) is 2.93. The van der Waals surface area contributed by atoms with E-state index in [4.69, 9.17) is 4.74 Å². The lowest BCUT2D eigenvalue weighted by Crippen LogP contribution is -2.51. The van der Waals surface area contributed by atoms with Crippen LogP contribution in [0.3, 0.4) is 0 Å². The van der Waals surface area contributed by atoms with Crippen molar-refractivity contribution in [1.82, 2.24) is 10.6 Å². The van der Waals surface area contributed by atoms with Gasteiger partial charge in [0.25, 0.3) is 0 Å². The van der Waals surface area contributed by atoms with Gasteiger partial charge < -0.3 is 15.4 Å². The second-order valence-electron chi connectivity index (χ2n) is 6.20. The Morgan fingerprint density at radius 1 is 1.30 bits per heavy atom. The molecule has 124 valence electrons. The van der Waals surface area contributed by atoms with E-state index in [1.807, 2.05) is 38.1 Å². The summed E-state index contributed by atoms with van der Waals surface area (Å²) in [5.41, 5.74) is 2.43. The molecule has 5 heteroatoms. The Kier molecular flexibility index (Phi) is 5.42. The van der Waals surface area contributed by atoms with Crippen LogP contribution in [0, 0.1) is 11.8 Å². The smallest absolute Gasteiger partial charge is 0.319 e. The molecular weight excluding hydrogens is 292 g/mol. The average molecular weight is 316 g/mol. The van der Waals surface area contributed by atoms with Crippen molar-refractivity contribution in [3.8, 4) is 0 Å². The highest BCUT2D eigenvalue weighted by molar-refractivity contribution is 5.85. The lowest BCUT2D eigenvalue weighted by Gasteiger charge is -2.33. The SMILES string of the molecule is C=C1NC(=O)NC(c2ccc(CC)cc2)C1C(=O)OCC(C)C. The molecule has 2 amide bonds. The summed E-state index contributed by atoms with van der Waals surface area (Å²) in [5, 5.41) is 5.38. The molecule has 2 N–H and O–H groups in total. The largest absolute Gasteiger partial charge is 0.465 e. The van der Waals surface area contributed by atoms with Crippen LogP contribution >= 0.6 is 0 Å². The first kappa shape index (κ1) is 17.1. The van der Waals surface area contributed by atoms with Crippen molar-refractivity contribution < 1.29 is 14.3 Å². The topological polar surface area (TPSA) is 67.4 Å². The maximum absolute atomic E-state index is 12.5. The predicted molar refractivity (Wildman–Crippen MR) is 88.7 cm³/mol. The molecule has 23 heavy (non-hydrogen) atoms. The second kappa shape index (κ2) is 7.31. The Labute approximate surface area is 137 Å². The summed E-state index contributed by atoms with van der Waals surface area (Å²) < 4.78 is 5.35. The van der Waals surface area contributed by atoms with Crippen molar-refractivity contribution >= 4 is 12.0 Å². The van der Waals surface area contributed by atoms with Crippen LogP contribution in [-0.4, -0.2) is 18.6 Å². The second-order valence-corrected chi connectivity index (χ2v) is 6.20. The van der Waals surface area contributed by atoms with Crippen LogP contribution in [0.1, 0.15) is 37.9 Å². The van der Waals surface area contributed by atoms with E-state index in [-0.39, 0.29) is 17.9 Å². The summed E-state index contributed by atoms with van der Waals surface area (Å²) >= 11 is 0. The number of nitrogens with one attached hydrogen (secondary N) is 2. The number of rotatable bonds is 5. The summed E-state index contributed by atoms with van der Waals surface area (Å²) in [6.45, 7) is 10.2. The standard InChI is InChI=1S/C18H24N2O3/c1-5-13-6-8-14(9-7-13)16-15(12(4)19-18(22)20-16)17(21)23-10-11(2)3/h6-9,11,15-16H,4-5,10H2,1-3H3,(H2,19,20,22). The Morgan fingerprint density at radius 2 is 1.96 bits per heavy atom. The van der Waals surface area contributed by atoms with E-state index < -0.39 is 12.0 Å². The molecule has 1 aromatic carbocycles. The van der Waals surface area contributed by atoms with Crippen molar-refractivity contribution in [3.05, 3.63) is 47.7 Å². The lowest BCUT2D eigenvalue weighted by molar-refractivity contribution is -0.149. The third-order valence-corrected chi connectivity index (χ3v) is 3.83. The van der Waals surface area contributed by atoms with Gasteiger partial charge in [0, 0.05) is 5.70 Å². The molecular formula is C18H24N2O3. The maximum atomic E-state index is 12.5. The highest BCUT2D eigenvalue weighted by Gasteiger charge is 2.38. The Bertz CT molecular complexity index is 593. The van der Waals surface area contributed by atoms with Crippen LogP contribution in [0.4, 0.5) is 4.79 Å². The van der Waals surface area contributed by atoms with Crippen molar-refractivity contribution in [2.45, 2.75) is 33.2 Å². The van der Waals surface area contributed by atoms with Gasteiger partial charge in [-0.1, -0.05) is 51.6 Å². The highest BCUT2D eigenvalue weighted by atomic mass is 16.5. The van der Waals surface area contributed by atoms with E-state index in [0.717, 1.165) is 12.0 Å². The summed E-state index contributed by atoms with van der Waals surface area (Å²) in [5.74, 6) is -0.764. The quantitative estimate of drug-likeness (QED) is 0.821. The normalized spacial score (nSPS) is 20.9.